The van der Waals surface area contributed by atoms with Gasteiger partial charge in [-0.2, -0.15) is 0 Å². The van der Waals surface area contributed by atoms with Gasteiger partial charge in [-0.25, -0.2) is 4.98 Å². The molecule has 1 saturated carbocycles. The molecule has 1 aliphatic rings. The minimum absolute atomic E-state index is 0. The third kappa shape index (κ3) is 6.72. The van der Waals surface area contributed by atoms with Gasteiger partial charge in [-0.05, 0) is 36.3 Å². The molecule has 0 bridgehead atoms. The Balaban J connectivity index is 0.00000288. The fourth-order valence-corrected chi connectivity index (χ4v) is 3.26. The Morgan fingerprint density at radius 2 is 2.08 bits per heavy atom. The predicted molar refractivity (Wildman–Crippen MR) is 110 cm³/mol. The SMILES string of the molecule is CN=C(NCc1ccc(Cl)nc1)NCC1(CCOC)CCCC1.I. The van der Waals surface area contributed by atoms with Crippen LogP contribution in [0.4, 0.5) is 0 Å². The summed E-state index contributed by atoms with van der Waals surface area (Å²) in [5.74, 6) is 0.823. The number of methoxy groups -OCH3 is 1. The van der Waals surface area contributed by atoms with E-state index in [1.807, 2.05) is 6.07 Å². The summed E-state index contributed by atoms with van der Waals surface area (Å²) in [6.07, 6.45) is 8.04. The van der Waals surface area contributed by atoms with Gasteiger partial charge >= 0.3 is 0 Å². The van der Waals surface area contributed by atoms with E-state index < -0.39 is 0 Å². The lowest BCUT2D eigenvalue weighted by Crippen LogP contribution is -2.43. The lowest BCUT2D eigenvalue weighted by Gasteiger charge is -2.30. The summed E-state index contributed by atoms with van der Waals surface area (Å²) in [7, 11) is 3.57. The molecular formula is C17H28ClIN4O. The Bertz CT molecular complexity index is 504. The van der Waals surface area contributed by atoms with Crippen molar-refractivity contribution in [3.05, 3.63) is 29.0 Å². The fraction of sp³-hybridized carbons (Fsp3) is 0.647. The molecule has 7 heteroatoms. The molecule has 1 aromatic rings. The molecule has 1 aliphatic carbocycles. The van der Waals surface area contributed by atoms with Gasteiger partial charge in [0.05, 0.1) is 0 Å². The van der Waals surface area contributed by atoms with Crippen LogP contribution >= 0.6 is 35.6 Å². The summed E-state index contributed by atoms with van der Waals surface area (Å²) in [5.41, 5.74) is 1.42. The number of nitrogens with one attached hydrogen (secondary N) is 2. The number of hydrogen-bond acceptors (Lipinski definition) is 3. The number of halogens is 2. The van der Waals surface area contributed by atoms with E-state index in [1.165, 1.54) is 25.7 Å². The van der Waals surface area contributed by atoms with Crippen LogP contribution in [0.2, 0.25) is 5.15 Å². The number of rotatable bonds is 7. The van der Waals surface area contributed by atoms with Crippen LogP contribution in [0.15, 0.2) is 23.3 Å². The van der Waals surface area contributed by atoms with Crippen molar-refractivity contribution < 1.29 is 4.74 Å². The lowest BCUT2D eigenvalue weighted by molar-refractivity contribution is 0.138. The molecule has 1 aromatic heterocycles. The minimum Gasteiger partial charge on any atom is -0.385 e. The number of aromatic nitrogens is 1. The highest BCUT2D eigenvalue weighted by Gasteiger charge is 2.33. The van der Waals surface area contributed by atoms with Crippen LogP contribution in [0, 0.1) is 5.41 Å². The third-order valence-corrected chi connectivity index (χ3v) is 4.83. The zero-order valence-corrected chi connectivity index (χ0v) is 17.6. The van der Waals surface area contributed by atoms with Gasteiger partial charge in [0, 0.05) is 40.1 Å². The summed E-state index contributed by atoms with van der Waals surface area (Å²) in [4.78, 5) is 8.40. The fourth-order valence-electron chi connectivity index (χ4n) is 3.15. The van der Waals surface area contributed by atoms with E-state index in [9.17, 15) is 0 Å². The molecule has 0 aromatic carbocycles. The Hall–Kier alpha value is -0.600. The second-order valence-electron chi connectivity index (χ2n) is 6.22. The van der Waals surface area contributed by atoms with Crippen molar-refractivity contribution in [1.82, 2.24) is 15.6 Å². The molecule has 2 N–H and O–H groups in total. The van der Waals surface area contributed by atoms with Crippen LogP contribution in [-0.4, -0.2) is 38.3 Å². The lowest BCUT2D eigenvalue weighted by atomic mass is 9.83. The van der Waals surface area contributed by atoms with Crippen molar-refractivity contribution in [2.45, 2.75) is 38.6 Å². The maximum atomic E-state index is 5.80. The third-order valence-electron chi connectivity index (χ3n) is 4.60. The maximum absolute atomic E-state index is 5.80. The molecular weight excluding hydrogens is 439 g/mol. The number of guanidine groups is 1. The van der Waals surface area contributed by atoms with E-state index in [0.29, 0.717) is 17.1 Å². The zero-order chi connectivity index (χ0) is 16.5. The average molecular weight is 467 g/mol. The smallest absolute Gasteiger partial charge is 0.191 e. The van der Waals surface area contributed by atoms with Gasteiger partial charge in [0.25, 0.3) is 0 Å². The van der Waals surface area contributed by atoms with Crippen LogP contribution < -0.4 is 10.6 Å². The average Bonchev–Trinajstić information content (AvgIpc) is 3.04. The molecule has 0 radical (unpaired) electrons. The molecule has 0 unspecified atom stereocenters. The molecule has 0 aliphatic heterocycles. The van der Waals surface area contributed by atoms with Crippen molar-refractivity contribution in [1.29, 1.82) is 0 Å². The first-order valence-electron chi connectivity index (χ1n) is 8.21. The highest BCUT2D eigenvalue weighted by Crippen LogP contribution is 2.40. The van der Waals surface area contributed by atoms with Gasteiger partial charge in [0.1, 0.15) is 5.15 Å². The highest BCUT2D eigenvalue weighted by molar-refractivity contribution is 14.0. The van der Waals surface area contributed by atoms with Crippen LogP contribution in [0.3, 0.4) is 0 Å². The van der Waals surface area contributed by atoms with Gasteiger partial charge in [-0.3, -0.25) is 4.99 Å². The molecule has 0 saturated heterocycles. The quantitative estimate of drug-likeness (QED) is 0.279. The van der Waals surface area contributed by atoms with E-state index in [0.717, 1.165) is 31.1 Å². The summed E-state index contributed by atoms with van der Waals surface area (Å²) in [5, 5.41) is 7.32. The van der Waals surface area contributed by atoms with Crippen LogP contribution in [-0.2, 0) is 11.3 Å². The zero-order valence-electron chi connectivity index (χ0n) is 14.5. The topological polar surface area (TPSA) is 58.5 Å². The molecule has 136 valence electrons. The van der Waals surface area contributed by atoms with Crippen LogP contribution in [0.25, 0.3) is 0 Å². The second kappa shape index (κ2) is 11.1. The van der Waals surface area contributed by atoms with E-state index >= 15 is 0 Å². The van der Waals surface area contributed by atoms with Gasteiger partial charge < -0.3 is 15.4 Å². The summed E-state index contributed by atoms with van der Waals surface area (Å²) >= 11 is 5.80. The Morgan fingerprint density at radius 1 is 1.33 bits per heavy atom. The number of pyridine rings is 1. The van der Waals surface area contributed by atoms with Crippen LogP contribution in [0.1, 0.15) is 37.7 Å². The van der Waals surface area contributed by atoms with Crippen LogP contribution in [0.5, 0.6) is 0 Å². The monoisotopic (exact) mass is 466 g/mol. The van der Waals surface area contributed by atoms with Crippen molar-refractivity contribution in [2.75, 3.05) is 27.3 Å². The Kier molecular flexibility index (Phi) is 9.92. The number of hydrogen-bond donors (Lipinski definition) is 2. The highest BCUT2D eigenvalue weighted by atomic mass is 127. The molecule has 0 spiro atoms. The first-order chi connectivity index (χ1) is 11.2. The summed E-state index contributed by atoms with van der Waals surface area (Å²) in [6.45, 7) is 2.44. The number of aliphatic imine (C=N–C) groups is 1. The van der Waals surface area contributed by atoms with Gasteiger partial charge in [0.2, 0.25) is 0 Å². The Morgan fingerprint density at radius 3 is 2.67 bits per heavy atom. The van der Waals surface area contributed by atoms with Gasteiger partial charge in [-0.1, -0.05) is 30.5 Å². The van der Waals surface area contributed by atoms with E-state index in [1.54, 1.807) is 26.4 Å². The molecule has 1 fully saturated rings. The standard InChI is InChI=1S/C17H27ClN4O.HI/c1-19-16(21-12-14-5-6-15(18)20-11-14)22-13-17(9-10-23-2)7-3-4-8-17;/h5-6,11H,3-4,7-10,12-13H2,1-2H3,(H2,19,21,22);1H. The van der Waals surface area contributed by atoms with Gasteiger partial charge in [-0.15, -0.1) is 24.0 Å². The van der Waals surface area contributed by atoms with Gasteiger partial charge in [0.15, 0.2) is 5.96 Å². The van der Waals surface area contributed by atoms with E-state index in [2.05, 4.69) is 20.6 Å². The summed E-state index contributed by atoms with van der Waals surface area (Å²) in [6, 6.07) is 3.76. The molecule has 0 atom stereocenters. The van der Waals surface area contributed by atoms with E-state index in [4.69, 9.17) is 16.3 Å². The largest absolute Gasteiger partial charge is 0.385 e. The van der Waals surface area contributed by atoms with Crippen molar-refractivity contribution in [3.8, 4) is 0 Å². The normalized spacial score (nSPS) is 16.5. The second-order valence-corrected chi connectivity index (χ2v) is 6.61. The van der Waals surface area contributed by atoms with Crippen molar-refractivity contribution in [3.63, 3.8) is 0 Å². The molecule has 24 heavy (non-hydrogen) atoms. The molecule has 1 heterocycles. The predicted octanol–water partition coefficient (Wildman–Crippen LogP) is 3.61. The Labute approximate surface area is 167 Å². The maximum Gasteiger partial charge on any atom is 0.191 e. The van der Waals surface area contributed by atoms with Crippen molar-refractivity contribution >= 4 is 41.5 Å². The van der Waals surface area contributed by atoms with E-state index in [-0.39, 0.29) is 24.0 Å². The first-order valence-corrected chi connectivity index (χ1v) is 8.59. The molecule has 5 nitrogen and oxygen atoms in total. The minimum atomic E-state index is 0. The molecule has 0 amide bonds. The number of nitrogens with zero attached hydrogens (tertiary/aromatic N) is 2. The molecule has 2 rings (SSSR count). The first kappa shape index (κ1) is 21.4. The van der Waals surface area contributed by atoms with Crippen molar-refractivity contribution in [2.24, 2.45) is 10.4 Å². The summed E-state index contributed by atoms with van der Waals surface area (Å²) < 4.78 is 5.29. The number of ether oxygens (including phenoxy) is 1.